The van der Waals surface area contributed by atoms with Crippen LogP contribution in [0.1, 0.15) is 22.3 Å². The summed E-state index contributed by atoms with van der Waals surface area (Å²) in [5.41, 5.74) is 2.15. The highest BCUT2D eigenvalue weighted by molar-refractivity contribution is 9.10. The maximum Gasteiger partial charge on any atom is 0.261 e. The summed E-state index contributed by atoms with van der Waals surface area (Å²) in [5, 5.41) is 1.69. The fourth-order valence-corrected chi connectivity index (χ4v) is 4.89. The van der Waals surface area contributed by atoms with Gasteiger partial charge in [-0.05, 0) is 49.2 Å². The van der Waals surface area contributed by atoms with Gasteiger partial charge in [-0.15, -0.1) is 0 Å². The average Bonchev–Trinajstić information content (AvgIpc) is 3.39. The Morgan fingerprint density at radius 2 is 2.03 bits per heavy atom. The SMILES string of the molecule is Cc1c(Cl)ccc2sc(N(CCCn3ccnc3)C(=O)c3cc(Br)ccc3Cl)nc12. The molecule has 0 aliphatic rings. The van der Waals surface area contributed by atoms with Crippen LogP contribution in [0.2, 0.25) is 10.0 Å². The summed E-state index contributed by atoms with van der Waals surface area (Å²) in [5.74, 6) is -0.185. The summed E-state index contributed by atoms with van der Waals surface area (Å²) in [7, 11) is 0. The Hall–Kier alpha value is -1.93. The number of halogens is 3. The Bertz CT molecular complexity index is 1210. The van der Waals surface area contributed by atoms with Crippen molar-refractivity contribution in [1.29, 1.82) is 0 Å². The van der Waals surface area contributed by atoms with Crippen LogP contribution in [0.5, 0.6) is 0 Å². The molecule has 0 spiro atoms. The van der Waals surface area contributed by atoms with Crippen LogP contribution >= 0.6 is 50.5 Å². The van der Waals surface area contributed by atoms with Gasteiger partial charge in [0.25, 0.3) is 5.91 Å². The quantitative estimate of drug-likeness (QED) is 0.286. The van der Waals surface area contributed by atoms with Gasteiger partial charge in [0.15, 0.2) is 5.13 Å². The van der Waals surface area contributed by atoms with Crippen LogP contribution in [-0.4, -0.2) is 27.0 Å². The molecular formula is C21H17BrCl2N4OS. The predicted molar refractivity (Wildman–Crippen MR) is 127 cm³/mol. The highest BCUT2D eigenvalue weighted by atomic mass is 79.9. The largest absolute Gasteiger partial charge is 0.337 e. The lowest BCUT2D eigenvalue weighted by Crippen LogP contribution is -2.32. The summed E-state index contributed by atoms with van der Waals surface area (Å²) in [6.07, 6.45) is 6.15. The van der Waals surface area contributed by atoms with Gasteiger partial charge in [-0.25, -0.2) is 9.97 Å². The van der Waals surface area contributed by atoms with E-state index in [9.17, 15) is 4.79 Å². The Balaban J connectivity index is 1.70. The minimum absolute atomic E-state index is 0.185. The van der Waals surface area contributed by atoms with Crippen LogP contribution in [0.3, 0.4) is 0 Å². The van der Waals surface area contributed by atoms with E-state index in [4.69, 9.17) is 28.2 Å². The molecule has 5 nitrogen and oxygen atoms in total. The molecule has 0 bridgehead atoms. The maximum absolute atomic E-state index is 13.5. The predicted octanol–water partition coefficient (Wildman–Crippen LogP) is 6.61. The lowest BCUT2D eigenvalue weighted by Gasteiger charge is -2.21. The molecule has 154 valence electrons. The van der Waals surface area contributed by atoms with E-state index < -0.39 is 0 Å². The van der Waals surface area contributed by atoms with Crippen molar-refractivity contribution in [1.82, 2.24) is 14.5 Å². The fourth-order valence-electron chi connectivity index (χ4n) is 3.13. The van der Waals surface area contributed by atoms with E-state index in [2.05, 4.69) is 20.9 Å². The number of anilines is 1. The van der Waals surface area contributed by atoms with Crippen molar-refractivity contribution in [2.75, 3.05) is 11.4 Å². The Morgan fingerprint density at radius 3 is 2.80 bits per heavy atom. The zero-order chi connectivity index (χ0) is 21.3. The van der Waals surface area contributed by atoms with Gasteiger partial charge in [0.1, 0.15) is 0 Å². The standard InChI is InChI=1S/C21H17BrCl2N4OS/c1-13-16(23)5-6-18-19(13)26-21(30-18)28(9-2-8-27-10-7-25-12-27)20(29)15-11-14(22)3-4-17(15)24/h3-7,10-12H,2,8-9H2,1H3. The highest BCUT2D eigenvalue weighted by Crippen LogP contribution is 2.35. The summed E-state index contributed by atoms with van der Waals surface area (Å²) in [6, 6.07) is 9.06. The zero-order valence-corrected chi connectivity index (χ0v) is 19.9. The smallest absolute Gasteiger partial charge is 0.261 e. The van der Waals surface area contributed by atoms with Crippen molar-refractivity contribution in [2.24, 2.45) is 0 Å². The first-order chi connectivity index (χ1) is 14.4. The van der Waals surface area contributed by atoms with E-state index in [-0.39, 0.29) is 5.91 Å². The molecule has 0 unspecified atom stereocenters. The lowest BCUT2D eigenvalue weighted by molar-refractivity contribution is 0.0986. The molecule has 4 aromatic rings. The molecule has 2 aromatic heterocycles. The number of thiazole rings is 1. The molecule has 9 heteroatoms. The summed E-state index contributed by atoms with van der Waals surface area (Å²) in [6.45, 7) is 3.17. The van der Waals surface area contributed by atoms with Gasteiger partial charge in [-0.1, -0.05) is 50.5 Å². The first kappa shape index (κ1) is 21.3. The van der Waals surface area contributed by atoms with E-state index in [0.717, 1.165) is 33.2 Å². The van der Waals surface area contributed by atoms with Gasteiger partial charge in [0.05, 0.1) is 27.1 Å². The van der Waals surface area contributed by atoms with Crippen molar-refractivity contribution < 1.29 is 4.79 Å². The van der Waals surface area contributed by atoms with Gasteiger partial charge in [-0.3, -0.25) is 9.69 Å². The van der Waals surface area contributed by atoms with E-state index in [1.165, 1.54) is 11.3 Å². The molecule has 1 amide bonds. The first-order valence-electron chi connectivity index (χ1n) is 9.22. The van der Waals surface area contributed by atoms with Crippen LogP contribution in [0, 0.1) is 6.92 Å². The number of aryl methyl sites for hydroxylation is 2. The molecule has 0 saturated carbocycles. The van der Waals surface area contributed by atoms with Gasteiger partial charge in [0.2, 0.25) is 0 Å². The second-order valence-electron chi connectivity index (χ2n) is 6.75. The zero-order valence-electron chi connectivity index (χ0n) is 16.0. The number of carbonyl (C=O) groups is 1. The molecule has 2 aromatic carbocycles. The van der Waals surface area contributed by atoms with E-state index in [0.29, 0.717) is 27.3 Å². The number of nitrogens with zero attached hydrogens (tertiary/aromatic N) is 4. The normalized spacial score (nSPS) is 11.2. The monoisotopic (exact) mass is 522 g/mol. The minimum atomic E-state index is -0.185. The molecule has 0 N–H and O–H groups in total. The van der Waals surface area contributed by atoms with Crippen LogP contribution in [0.15, 0.2) is 53.5 Å². The average molecular weight is 524 g/mol. The number of rotatable bonds is 6. The molecule has 30 heavy (non-hydrogen) atoms. The molecule has 0 radical (unpaired) electrons. The number of imidazole rings is 1. The molecule has 0 aliphatic carbocycles. The fraction of sp³-hybridized carbons (Fsp3) is 0.190. The van der Waals surface area contributed by atoms with Crippen molar-refractivity contribution >= 4 is 71.7 Å². The first-order valence-corrected chi connectivity index (χ1v) is 11.6. The third-order valence-corrected chi connectivity index (χ3v) is 7.00. The number of fused-ring (bicyclic) bond motifs is 1. The van der Waals surface area contributed by atoms with Crippen LogP contribution in [0.25, 0.3) is 10.2 Å². The molecule has 4 rings (SSSR count). The van der Waals surface area contributed by atoms with Gasteiger partial charge in [0, 0.05) is 35.0 Å². The van der Waals surface area contributed by atoms with Crippen LogP contribution in [0.4, 0.5) is 5.13 Å². The Labute approximate surface area is 196 Å². The molecule has 0 fully saturated rings. The van der Waals surface area contributed by atoms with Crippen molar-refractivity contribution in [3.05, 3.63) is 74.7 Å². The van der Waals surface area contributed by atoms with E-state index in [1.54, 1.807) is 29.6 Å². The number of benzene rings is 2. The van der Waals surface area contributed by atoms with Gasteiger partial charge in [-0.2, -0.15) is 0 Å². The number of amides is 1. The third kappa shape index (κ3) is 4.39. The Morgan fingerprint density at radius 1 is 1.23 bits per heavy atom. The molecule has 0 aliphatic heterocycles. The molecule has 0 saturated heterocycles. The minimum Gasteiger partial charge on any atom is -0.337 e. The number of carbonyl (C=O) groups excluding carboxylic acids is 1. The van der Waals surface area contributed by atoms with E-state index in [1.807, 2.05) is 35.9 Å². The lowest BCUT2D eigenvalue weighted by atomic mass is 10.2. The molecule has 2 heterocycles. The van der Waals surface area contributed by atoms with E-state index >= 15 is 0 Å². The third-order valence-electron chi connectivity index (χ3n) is 4.73. The summed E-state index contributed by atoms with van der Waals surface area (Å²) >= 11 is 17.5. The van der Waals surface area contributed by atoms with Crippen molar-refractivity contribution in [3.63, 3.8) is 0 Å². The van der Waals surface area contributed by atoms with Gasteiger partial charge >= 0.3 is 0 Å². The summed E-state index contributed by atoms with van der Waals surface area (Å²) < 4.78 is 3.76. The van der Waals surface area contributed by atoms with Crippen molar-refractivity contribution in [3.8, 4) is 0 Å². The Kier molecular flexibility index (Phi) is 6.43. The van der Waals surface area contributed by atoms with Crippen molar-refractivity contribution in [2.45, 2.75) is 19.9 Å². The second-order valence-corrected chi connectivity index (χ2v) is 9.49. The topological polar surface area (TPSA) is 51.0 Å². The second kappa shape index (κ2) is 9.06. The maximum atomic E-state index is 13.5. The number of hydrogen-bond donors (Lipinski definition) is 0. The molecule has 0 atom stereocenters. The summed E-state index contributed by atoms with van der Waals surface area (Å²) in [4.78, 5) is 24.0. The molecular weight excluding hydrogens is 507 g/mol. The highest BCUT2D eigenvalue weighted by Gasteiger charge is 2.24. The number of hydrogen-bond acceptors (Lipinski definition) is 4. The van der Waals surface area contributed by atoms with Crippen LogP contribution < -0.4 is 4.90 Å². The van der Waals surface area contributed by atoms with Gasteiger partial charge < -0.3 is 4.57 Å². The van der Waals surface area contributed by atoms with Crippen LogP contribution in [-0.2, 0) is 6.54 Å². The number of aromatic nitrogens is 3.